The molecule has 1 fully saturated rings. The summed E-state index contributed by atoms with van der Waals surface area (Å²) in [7, 11) is 1.55. The second-order valence-corrected chi connectivity index (χ2v) is 11.0. The van der Waals surface area contributed by atoms with Crippen LogP contribution in [0.25, 0.3) is 33.4 Å². The minimum Gasteiger partial charge on any atom is -0.455 e. The van der Waals surface area contributed by atoms with Crippen LogP contribution >= 0.6 is 0 Å². The van der Waals surface area contributed by atoms with Gasteiger partial charge in [-0.25, -0.2) is 15.2 Å². The lowest BCUT2D eigenvalue weighted by Crippen LogP contribution is -2.39. The summed E-state index contributed by atoms with van der Waals surface area (Å²) in [5.74, 6) is 5.50. The lowest BCUT2D eigenvalue weighted by atomic mass is 9.95. The lowest BCUT2D eigenvalue weighted by molar-refractivity contribution is 0.0935. The Morgan fingerprint density at radius 1 is 1.00 bits per heavy atom. The number of amides is 2. The van der Waals surface area contributed by atoms with Gasteiger partial charge in [-0.1, -0.05) is 18.7 Å². The van der Waals surface area contributed by atoms with Crippen molar-refractivity contribution >= 4 is 28.6 Å². The number of rotatable bonds is 8. The van der Waals surface area contributed by atoms with Crippen molar-refractivity contribution in [2.45, 2.75) is 25.3 Å². The van der Waals surface area contributed by atoms with E-state index in [0.29, 0.717) is 63.4 Å². The molecule has 1 saturated carbocycles. The van der Waals surface area contributed by atoms with Gasteiger partial charge in [0.25, 0.3) is 11.8 Å². The molecular formula is C35H31FN6O3. The third-order valence-corrected chi connectivity index (χ3v) is 8.03. The summed E-state index contributed by atoms with van der Waals surface area (Å²) in [6.45, 7) is 6.09. The van der Waals surface area contributed by atoms with E-state index in [2.05, 4.69) is 32.6 Å². The fourth-order valence-electron chi connectivity index (χ4n) is 5.32. The zero-order valence-corrected chi connectivity index (χ0v) is 24.8. The maximum Gasteiger partial charge on any atom is 0.255 e. The molecule has 2 amide bonds. The first kappa shape index (κ1) is 29.5. The quantitative estimate of drug-likeness (QED) is 0.0784. The van der Waals surface area contributed by atoms with Gasteiger partial charge in [0.05, 0.1) is 16.8 Å². The number of aliphatic imine (C=N–C) groups is 1. The van der Waals surface area contributed by atoms with E-state index in [1.807, 2.05) is 37.3 Å². The number of aromatic nitrogens is 1. The van der Waals surface area contributed by atoms with Crippen LogP contribution in [0.3, 0.4) is 0 Å². The molecule has 9 nitrogen and oxygen atoms in total. The van der Waals surface area contributed by atoms with Gasteiger partial charge in [0.1, 0.15) is 23.0 Å². The monoisotopic (exact) mass is 602 g/mol. The third kappa shape index (κ3) is 5.71. The first-order valence-corrected chi connectivity index (χ1v) is 14.4. The van der Waals surface area contributed by atoms with Crippen molar-refractivity contribution in [1.82, 2.24) is 21.0 Å². The molecular weight excluding hydrogens is 571 g/mol. The molecule has 5 N–H and O–H groups in total. The number of furan rings is 1. The number of nitrogens with zero attached hydrogens (tertiary/aromatic N) is 2. The van der Waals surface area contributed by atoms with E-state index >= 15 is 0 Å². The number of nitrogens with one attached hydrogen (secondary N) is 3. The molecule has 45 heavy (non-hydrogen) atoms. The molecule has 1 aliphatic carbocycles. The Balaban J connectivity index is 1.31. The van der Waals surface area contributed by atoms with Crippen LogP contribution in [-0.4, -0.2) is 35.2 Å². The highest BCUT2D eigenvalue weighted by atomic mass is 19.1. The molecule has 0 unspecified atom stereocenters. The number of carbonyl (C=O) groups is 2. The molecule has 0 spiro atoms. The second-order valence-electron chi connectivity index (χ2n) is 11.0. The summed E-state index contributed by atoms with van der Waals surface area (Å²) in [5, 5.41) is 6.41. The number of hydrogen-bond donors (Lipinski definition) is 4. The Hall–Kier alpha value is -5.61. The third-order valence-electron chi connectivity index (χ3n) is 8.03. The largest absolute Gasteiger partial charge is 0.455 e. The SMILES string of the molecule is C=C(N=C(NN)c1cccnc1)C1(NC(=O)c2ccc(C)c(-c3ccc4oc(-c5ccc(F)cc5)c(C(=O)NC)c4c3)c2)CC1. The Morgan fingerprint density at radius 2 is 1.76 bits per heavy atom. The zero-order chi connectivity index (χ0) is 31.7. The lowest BCUT2D eigenvalue weighted by Gasteiger charge is -2.19. The minimum atomic E-state index is -0.679. The molecule has 3 aromatic carbocycles. The van der Waals surface area contributed by atoms with Crippen molar-refractivity contribution in [3.63, 3.8) is 0 Å². The van der Waals surface area contributed by atoms with E-state index in [0.717, 1.165) is 16.7 Å². The molecule has 0 aliphatic heterocycles. The number of nitrogens with two attached hydrogens (primary N) is 1. The van der Waals surface area contributed by atoms with Gasteiger partial charge in [0, 0.05) is 41.5 Å². The van der Waals surface area contributed by atoms with Gasteiger partial charge in [-0.3, -0.25) is 14.6 Å². The van der Waals surface area contributed by atoms with Crippen molar-refractivity contribution in [3.8, 4) is 22.5 Å². The topological polar surface area (TPSA) is 135 Å². The Bertz CT molecular complexity index is 1980. The van der Waals surface area contributed by atoms with Crippen molar-refractivity contribution < 1.29 is 18.4 Å². The summed E-state index contributed by atoms with van der Waals surface area (Å²) < 4.78 is 19.7. The molecule has 6 rings (SSSR count). The molecule has 1 aliphatic rings. The molecule has 0 bridgehead atoms. The van der Waals surface area contributed by atoms with Crippen molar-refractivity contribution in [2.24, 2.45) is 10.8 Å². The van der Waals surface area contributed by atoms with Crippen LogP contribution in [0.15, 0.2) is 107 Å². The molecule has 0 atom stereocenters. The molecule has 2 heterocycles. The average Bonchev–Trinajstić information content (AvgIpc) is 3.75. The zero-order valence-electron chi connectivity index (χ0n) is 24.8. The highest BCUT2D eigenvalue weighted by Crippen LogP contribution is 2.43. The van der Waals surface area contributed by atoms with Gasteiger partial charge in [-0.2, -0.15) is 0 Å². The van der Waals surface area contributed by atoms with E-state index in [1.54, 1.807) is 49.8 Å². The number of hydrogen-bond acceptors (Lipinski definition) is 6. The van der Waals surface area contributed by atoms with Gasteiger partial charge >= 0.3 is 0 Å². The minimum absolute atomic E-state index is 0.261. The van der Waals surface area contributed by atoms with E-state index in [1.165, 1.54) is 12.1 Å². The van der Waals surface area contributed by atoms with E-state index < -0.39 is 5.54 Å². The van der Waals surface area contributed by atoms with Gasteiger partial charge in [-0.05, 0) is 97.1 Å². The summed E-state index contributed by atoms with van der Waals surface area (Å²) in [6, 6.07) is 20.5. The smallest absolute Gasteiger partial charge is 0.255 e. The summed E-state index contributed by atoms with van der Waals surface area (Å²) >= 11 is 0. The van der Waals surface area contributed by atoms with Gasteiger partial charge in [0.15, 0.2) is 0 Å². The summed E-state index contributed by atoms with van der Waals surface area (Å²) in [4.78, 5) is 35.3. The van der Waals surface area contributed by atoms with Gasteiger partial charge < -0.3 is 20.5 Å². The van der Waals surface area contributed by atoms with Crippen molar-refractivity contribution in [2.75, 3.05) is 7.05 Å². The number of aryl methyl sites for hydroxylation is 1. The van der Waals surface area contributed by atoms with E-state index in [4.69, 9.17) is 10.3 Å². The normalized spacial score (nSPS) is 13.7. The first-order chi connectivity index (χ1) is 21.7. The average molecular weight is 603 g/mol. The second kappa shape index (κ2) is 11.8. The van der Waals surface area contributed by atoms with Crippen LogP contribution in [-0.2, 0) is 0 Å². The van der Waals surface area contributed by atoms with Crippen LogP contribution in [0.5, 0.6) is 0 Å². The van der Waals surface area contributed by atoms with Crippen molar-refractivity contribution in [3.05, 3.63) is 126 Å². The van der Waals surface area contributed by atoms with Crippen molar-refractivity contribution in [1.29, 1.82) is 0 Å². The highest BCUT2D eigenvalue weighted by molar-refractivity contribution is 6.12. The molecule has 10 heteroatoms. The van der Waals surface area contributed by atoms with Gasteiger partial charge in [-0.15, -0.1) is 0 Å². The number of amidine groups is 1. The number of benzene rings is 3. The Morgan fingerprint density at radius 3 is 2.42 bits per heavy atom. The highest BCUT2D eigenvalue weighted by Gasteiger charge is 2.47. The Labute approximate surface area is 259 Å². The number of fused-ring (bicyclic) bond motifs is 1. The van der Waals surface area contributed by atoms with Crippen LogP contribution in [0.2, 0.25) is 0 Å². The van der Waals surface area contributed by atoms with Crippen LogP contribution in [0.4, 0.5) is 4.39 Å². The number of carbonyl (C=O) groups excluding carboxylic acids is 2. The standard InChI is InChI=1S/C35H31FN6O3/c1-20-6-7-24(33(43)41-35(14-15-35)21(2)40-32(42-37)25-5-4-16-39-19-25)18-27(20)23-10-13-29-28(17-23)30(34(44)38-3)31(45-29)22-8-11-26(36)12-9-22/h4-13,16-19H,2,14-15,37H2,1,3H3,(H,38,44)(H,40,42)(H,41,43). The molecule has 0 saturated heterocycles. The fourth-order valence-corrected chi connectivity index (χ4v) is 5.32. The number of pyridine rings is 1. The maximum atomic E-state index is 13.6. The molecule has 2 aromatic heterocycles. The molecule has 0 radical (unpaired) electrons. The van der Waals surface area contributed by atoms with E-state index in [9.17, 15) is 14.0 Å². The van der Waals surface area contributed by atoms with Crippen LogP contribution < -0.4 is 21.9 Å². The van der Waals surface area contributed by atoms with E-state index in [-0.39, 0.29) is 17.6 Å². The maximum absolute atomic E-state index is 13.6. The predicted molar refractivity (Wildman–Crippen MR) is 172 cm³/mol. The summed E-state index contributed by atoms with van der Waals surface area (Å²) in [5.41, 5.74) is 7.58. The summed E-state index contributed by atoms with van der Waals surface area (Å²) in [6.07, 6.45) is 4.69. The van der Waals surface area contributed by atoms with Crippen LogP contribution in [0.1, 0.15) is 44.7 Å². The molecule has 5 aromatic rings. The molecule has 226 valence electrons. The first-order valence-electron chi connectivity index (χ1n) is 14.4. The number of halogens is 1. The van der Waals surface area contributed by atoms with Gasteiger partial charge in [0.2, 0.25) is 0 Å². The Kier molecular flexibility index (Phi) is 7.74. The fraction of sp³-hybridized carbons (Fsp3) is 0.143. The predicted octanol–water partition coefficient (Wildman–Crippen LogP) is 5.66. The number of hydrazine groups is 1. The van der Waals surface area contributed by atoms with Crippen LogP contribution in [0, 0.1) is 12.7 Å².